The first-order valence-corrected chi connectivity index (χ1v) is 16.4. The van der Waals surface area contributed by atoms with E-state index in [1.54, 1.807) is 0 Å². The lowest BCUT2D eigenvalue weighted by Crippen LogP contribution is -2.25. The third-order valence-electron chi connectivity index (χ3n) is 5.82. The molecule has 0 saturated carbocycles. The maximum Gasteiger partial charge on any atom is 0.437 e. The number of aryl methyl sites for hydroxylation is 2. The van der Waals surface area contributed by atoms with Gasteiger partial charge in [-0.3, -0.25) is 8.57 Å². The van der Waals surface area contributed by atoms with E-state index in [9.17, 15) is 43.2 Å². The number of unbranched alkanes of at least 4 members (excludes halogenated alkanes) is 2. The van der Waals surface area contributed by atoms with Gasteiger partial charge >= 0.3 is 32.6 Å². The molecule has 0 fully saturated rings. The van der Waals surface area contributed by atoms with Gasteiger partial charge in [0, 0.05) is 11.1 Å². The van der Waals surface area contributed by atoms with Gasteiger partial charge in [-0.15, -0.1) is 0 Å². The fourth-order valence-electron chi connectivity index (χ4n) is 3.79. The van der Waals surface area contributed by atoms with Gasteiger partial charge in [-0.05, 0) is 49.7 Å². The Hall–Kier alpha value is -3.14. The molecule has 240 valence electrons. The number of nitrogens with zero attached hydrogens (tertiary/aromatic N) is 2. The molecule has 0 radical (unpaired) electrons. The van der Waals surface area contributed by atoms with Crippen molar-refractivity contribution >= 4 is 31.7 Å². The molecule has 2 aromatic carbocycles. The van der Waals surface area contributed by atoms with Gasteiger partial charge in [-0.1, -0.05) is 79.1 Å². The van der Waals surface area contributed by atoms with Crippen molar-refractivity contribution in [3.8, 4) is 0 Å². The average Bonchev–Trinajstić information content (AvgIpc) is 2.88. The summed E-state index contributed by atoms with van der Waals surface area (Å²) in [7, 11) is -8.45. The molecular formula is C27H32F6N2O6S2. The Bertz CT molecular complexity index is 1340. The molecule has 0 aromatic heterocycles. The number of oxime groups is 2. The van der Waals surface area contributed by atoms with Crippen LogP contribution in [0.5, 0.6) is 0 Å². The minimum atomic E-state index is -4.94. The summed E-state index contributed by atoms with van der Waals surface area (Å²) in [5.74, 6) is -0.939. The topological polar surface area (TPSA) is 111 Å². The summed E-state index contributed by atoms with van der Waals surface area (Å²) in [5.41, 5.74) is -2.13. The van der Waals surface area contributed by atoms with Gasteiger partial charge in [0.2, 0.25) is 0 Å². The monoisotopic (exact) mass is 658 g/mol. The Morgan fingerprint density at radius 2 is 0.930 bits per heavy atom. The standard InChI is InChI=1S/C27H32F6N2O6S2/c1-3-18-42(36,37)40-34-24(26(28,29)30)22-14-10-20(11-15-22)8-6-5-7-9-21-12-16-23(17-13-21)25(27(31,32)33)35-41-43(38,39)19-4-2/h10-17H,3-9,18-19H2,1-2H3/b34-24-,35-25-. The molecule has 8 nitrogen and oxygen atoms in total. The summed E-state index contributed by atoms with van der Waals surface area (Å²) < 4.78 is 135. The van der Waals surface area contributed by atoms with Crippen LogP contribution in [0.1, 0.15) is 68.2 Å². The second-order valence-electron chi connectivity index (χ2n) is 9.50. The molecule has 0 bridgehead atoms. The zero-order valence-corrected chi connectivity index (χ0v) is 25.0. The maximum atomic E-state index is 13.4. The van der Waals surface area contributed by atoms with Crippen molar-refractivity contribution in [3.63, 3.8) is 0 Å². The van der Waals surface area contributed by atoms with Crippen LogP contribution in [0.15, 0.2) is 58.8 Å². The molecule has 43 heavy (non-hydrogen) atoms. The normalized spacial score (nSPS) is 13.7. The molecule has 0 heterocycles. The third kappa shape index (κ3) is 12.6. The molecule has 0 aliphatic carbocycles. The van der Waals surface area contributed by atoms with Crippen LogP contribution in [0.2, 0.25) is 0 Å². The lowest BCUT2D eigenvalue weighted by Gasteiger charge is -2.11. The molecule has 0 unspecified atom stereocenters. The summed E-state index contributed by atoms with van der Waals surface area (Å²) in [6, 6.07) is 10.6. The Morgan fingerprint density at radius 1 is 0.605 bits per heavy atom. The van der Waals surface area contributed by atoms with Crippen LogP contribution in [-0.4, -0.2) is 52.1 Å². The summed E-state index contributed by atoms with van der Waals surface area (Å²) in [4.78, 5) is 0. The highest BCUT2D eigenvalue weighted by atomic mass is 32.2. The van der Waals surface area contributed by atoms with Crippen LogP contribution >= 0.6 is 0 Å². The third-order valence-corrected chi connectivity index (χ3v) is 8.23. The molecule has 2 rings (SSSR count). The number of hydrogen-bond donors (Lipinski definition) is 0. The Balaban J connectivity index is 1.93. The van der Waals surface area contributed by atoms with E-state index in [1.807, 2.05) is 0 Å². The van der Waals surface area contributed by atoms with Crippen molar-refractivity contribution < 1.29 is 51.7 Å². The number of alkyl halides is 6. The van der Waals surface area contributed by atoms with Gasteiger partial charge in [-0.25, -0.2) is 0 Å². The molecular weight excluding hydrogens is 626 g/mol. The van der Waals surface area contributed by atoms with E-state index in [2.05, 4.69) is 18.9 Å². The number of rotatable bonds is 16. The maximum absolute atomic E-state index is 13.4. The van der Waals surface area contributed by atoms with E-state index in [-0.39, 0.29) is 24.0 Å². The summed E-state index contributed by atoms with van der Waals surface area (Å²) in [6.07, 6.45) is -6.38. The van der Waals surface area contributed by atoms with E-state index in [0.29, 0.717) is 25.7 Å². The van der Waals surface area contributed by atoms with E-state index >= 15 is 0 Å². The number of hydrogen-bond acceptors (Lipinski definition) is 8. The van der Waals surface area contributed by atoms with Crippen molar-refractivity contribution in [3.05, 3.63) is 70.8 Å². The molecule has 0 spiro atoms. The fraction of sp³-hybridized carbons (Fsp3) is 0.481. The zero-order valence-electron chi connectivity index (χ0n) is 23.4. The summed E-state index contributed by atoms with van der Waals surface area (Å²) >= 11 is 0. The predicted molar refractivity (Wildman–Crippen MR) is 150 cm³/mol. The summed E-state index contributed by atoms with van der Waals surface area (Å²) in [5, 5.41) is 5.73. The van der Waals surface area contributed by atoms with Gasteiger partial charge < -0.3 is 0 Å². The van der Waals surface area contributed by atoms with Crippen LogP contribution in [0.25, 0.3) is 0 Å². The van der Waals surface area contributed by atoms with Gasteiger partial charge in [0.1, 0.15) is 0 Å². The highest BCUT2D eigenvalue weighted by Crippen LogP contribution is 2.25. The average molecular weight is 659 g/mol. The van der Waals surface area contributed by atoms with Crippen LogP contribution in [0.3, 0.4) is 0 Å². The number of benzene rings is 2. The van der Waals surface area contributed by atoms with Crippen molar-refractivity contribution in [1.29, 1.82) is 0 Å². The highest BCUT2D eigenvalue weighted by molar-refractivity contribution is 7.86. The van der Waals surface area contributed by atoms with Crippen molar-refractivity contribution in [2.24, 2.45) is 10.3 Å². The molecule has 0 aliphatic heterocycles. The van der Waals surface area contributed by atoms with Crippen LogP contribution in [0.4, 0.5) is 26.3 Å². The van der Waals surface area contributed by atoms with E-state index in [1.165, 1.54) is 62.4 Å². The van der Waals surface area contributed by atoms with Crippen molar-refractivity contribution in [2.75, 3.05) is 11.5 Å². The molecule has 0 amide bonds. The first-order valence-electron chi connectivity index (χ1n) is 13.3. The van der Waals surface area contributed by atoms with Gasteiger partial charge in [0.15, 0.2) is 11.4 Å². The quantitative estimate of drug-likeness (QED) is 0.0861. The SMILES string of the molecule is CCCS(=O)(=O)O/N=C(/c1ccc(CCCCCc2ccc(/C(=N/OS(=O)(=O)CCC)C(F)(F)F)cc2)cc1)C(F)(F)F. The number of halogens is 6. The minimum Gasteiger partial charge on any atom is -0.268 e. The van der Waals surface area contributed by atoms with Crippen LogP contribution in [0, 0.1) is 0 Å². The van der Waals surface area contributed by atoms with Gasteiger partial charge in [0.05, 0.1) is 11.5 Å². The lowest BCUT2D eigenvalue weighted by molar-refractivity contribution is -0.0606. The summed E-state index contributed by atoms with van der Waals surface area (Å²) in [6.45, 7) is 3.06. The highest BCUT2D eigenvalue weighted by Gasteiger charge is 2.39. The van der Waals surface area contributed by atoms with Crippen molar-refractivity contribution in [2.45, 2.75) is 71.1 Å². The van der Waals surface area contributed by atoms with Crippen LogP contribution < -0.4 is 0 Å². The molecule has 0 atom stereocenters. The molecule has 0 saturated heterocycles. The Kier molecular flexibility index (Phi) is 13.0. The first kappa shape index (κ1) is 36.1. The van der Waals surface area contributed by atoms with Crippen LogP contribution in [-0.2, 0) is 41.6 Å². The molecule has 0 N–H and O–H groups in total. The van der Waals surface area contributed by atoms with E-state index < -0.39 is 55.5 Å². The second-order valence-corrected chi connectivity index (χ2v) is 12.8. The Morgan fingerprint density at radius 3 is 1.21 bits per heavy atom. The van der Waals surface area contributed by atoms with Crippen molar-refractivity contribution in [1.82, 2.24) is 0 Å². The Labute approximate surface area is 247 Å². The largest absolute Gasteiger partial charge is 0.437 e. The molecule has 2 aromatic rings. The minimum absolute atomic E-state index is 0.156. The second kappa shape index (κ2) is 15.5. The molecule has 0 aliphatic rings. The van der Waals surface area contributed by atoms with E-state index in [4.69, 9.17) is 0 Å². The van der Waals surface area contributed by atoms with Gasteiger partial charge in [-0.2, -0.15) is 43.2 Å². The first-order chi connectivity index (χ1) is 20.0. The smallest absolute Gasteiger partial charge is 0.268 e. The fourth-order valence-corrected chi connectivity index (χ4v) is 5.32. The van der Waals surface area contributed by atoms with Gasteiger partial charge in [0.25, 0.3) is 0 Å². The predicted octanol–water partition coefficient (Wildman–Crippen LogP) is 6.69. The lowest BCUT2D eigenvalue weighted by atomic mass is 10.0. The zero-order chi connectivity index (χ0) is 32.3. The van der Waals surface area contributed by atoms with E-state index in [0.717, 1.165) is 17.5 Å². The molecule has 16 heteroatoms.